The van der Waals surface area contributed by atoms with Crippen molar-refractivity contribution in [1.29, 1.82) is 5.26 Å². The number of hydrogen-bond acceptors (Lipinski definition) is 7. The van der Waals surface area contributed by atoms with Crippen LogP contribution in [0.5, 0.6) is 0 Å². The van der Waals surface area contributed by atoms with E-state index in [1.807, 2.05) is 16.7 Å². The van der Waals surface area contributed by atoms with Crippen molar-refractivity contribution in [1.82, 2.24) is 14.5 Å². The zero-order chi connectivity index (χ0) is 26.2. The molecule has 12 heteroatoms. The van der Waals surface area contributed by atoms with Gasteiger partial charge in [0.25, 0.3) is 10.0 Å². The molecule has 0 radical (unpaired) electrons. The Morgan fingerprint density at radius 3 is 2.62 bits per heavy atom. The second-order valence-electron chi connectivity index (χ2n) is 8.49. The summed E-state index contributed by atoms with van der Waals surface area (Å²) in [7, 11) is -3.79. The molecule has 2 amide bonds. The van der Waals surface area contributed by atoms with Gasteiger partial charge in [0.2, 0.25) is 11.8 Å². The molecule has 1 atom stereocenters. The standard InChI is InChI=1S/C25H22N6O4S2/c1-17(30-11-9-21-18(15-26)3-2-4-22(21)30)24(33)29-12-13-31(23(32)16-29)19-5-7-20(8-6-19)37(34,35)28-25-27-10-14-36-25/h2-11,14,17H,12-13,16H2,1H3,(H,27,28). The predicted octanol–water partition coefficient (Wildman–Crippen LogP) is 3.21. The number of carbonyl (C=O) groups excluding carboxylic acids is 2. The summed E-state index contributed by atoms with van der Waals surface area (Å²) in [6.07, 6.45) is 3.29. The molecule has 37 heavy (non-hydrogen) atoms. The van der Waals surface area contributed by atoms with E-state index >= 15 is 0 Å². The van der Waals surface area contributed by atoms with Gasteiger partial charge in [-0.15, -0.1) is 11.3 Å². The summed E-state index contributed by atoms with van der Waals surface area (Å²) in [6, 6.07) is 14.8. The van der Waals surface area contributed by atoms with Crippen LogP contribution in [0.25, 0.3) is 10.9 Å². The average molecular weight is 535 g/mol. The largest absolute Gasteiger partial charge is 0.335 e. The monoisotopic (exact) mass is 534 g/mol. The van der Waals surface area contributed by atoms with Gasteiger partial charge in [-0.25, -0.2) is 13.4 Å². The molecule has 0 saturated carbocycles. The maximum atomic E-state index is 13.3. The Bertz CT molecular complexity index is 1620. The van der Waals surface area contributed by atoms with Crippen LogP contribution in [0.15, 0.2) is 71.2 Å². The number of carbonyl (C=O) groups is 2. The third-order valence-electron chi connectivity index (χ3n) is 6.30. The zero-order valence-electron chi connectivity index (χ0n) is 19.7. The van der Waals surface area contributed by atoms with E-state index < -0.39 is 16.1 Å². The summed E-state index contributed by atoms with van der Waals surface area (Å²) in [4.78, 5) is 33.3. The maximum absolute atomic E-state index is 13.3. The van der Waals surface area contributed by atoms with Gasteiger partial charge in [0, 0.05) is 41.9 Å². The lowest BCUT2D eigenvalue weighted by Gasteiger charge is -2.35. The number of anilines is 2. The highest BCUT2D eigenvalue weighted by molar-refractivity contribution is 7.93. The minimum absolute atomic E-state index is 0.0556. The minimum Gasteiger partial charge on any atom is -0.335 e. The van der Waals surface area contributed by atoms with Gasteiger partial charge in [-0.3, -0.25) is 14.3 Å². The molecule has 2 aromatic carbocycles. The Morgan fingerprint density at radius 1 is 1.16 bits per heavy atom. The van der Waals surface area contributed by atoms with Crippen molar-refractivity contribution in [3.8, 4) is 6.07 Å². The van der Waals surface area contributed by atoms with Gasteiger partial charge in [0.1, 0.15) is 12.6 Å². The summed E-state index contributed by atoms with van der Waals surface area (Å²) in [6.45, 7) is 2.31. The molecular weight excluding hydrogens is 512 g/mol. The predicted molar refractivity (Wildman–Crippen MR) is 140 cm³/mol. The summed E-state index contributed by atoms with van der Waals surface area (Å²) < 4.78 is 29.4. The molecule has 1 N–H and O–H groups in total. The molecule has 5 rings (SSSR count). The highest BCUT2D eigenvalue weighted by Gasteiger charge is 2.31. The second-order valence-corrected chi connectivity index (χ2v) is 11.1. The Labute approximate surface area is 217 Å². The van der Waals surface area contributed by atoms with Crippen LogP contribution < -0.4 is 9.62 Å². The first-order valence-electron chi connectivity index (χ1n) is 11.4. The molecule has 1 saturated heterocycles. The van der Waals surface area contributed by atoms with E-state index in [1.54, 1.807) is 47.7 Å². The number of fused-ring (bicyclic) bond motifs is 1. The number of aromatic nitrogens is 2. The molecule has 0 bridgehead atoms. The Morgan fingerprint density at radius 2 is 1.95 bits per heavy atom. The number of rotatable bonds is 6. The fraction of sp³-hybridized carbons (Fsp3) is 0.200. The Hall–Kier alpha value is -4.21. The fourth-order valence-corrected chi connectivity index (χ4v) is 6.18. The minimum atomic E-state index is -3.79. The van der Waals surface area contributed by atoms with Crippen LogP contribution in [0.1, 0.15) is 18.5 Å². The Balaban J connectivity index is 1.27. The van der Waals surface area contributed by atoms with Crippen LogP contribution in [0.4, 0.5) is 10.8 Å². The van der Waals surface area contributed by atoms with Gasteiger partial charge < -0.3 is 14.4 Å². The lowest BCUT2D eigenvalue weighted by molar-refractivity contribution is -0.139. The number of thiazole rings is 1. The van der Waals surface area contributed by atoms with Crippen molar-refractivity contribution in [2.45, 2.75) is 17.9 Å². The maximum Gasteiger partial charge on any atom is 0.263 e. The number of benzene rings is 2. The van der Waals surface area contributed by atoms with Gasteiger partial charge in [0.05, 0.1) is 22.0 Å². The normalized spacial score (nSPS) is 15.0. The molecule has 188 valence electrons. The fourth-order valence-electron chi connectivity index (χ4n) is 4.39. The molecule has 1 aliphatic rings. The number of nitrogens with one attached hydrogen (secondary N) is 1. The summed E-state index contributed by atoms with van der Waals surface area (Å²) in [5, 5.41) is 12.1. The van der Waals surface area contributed by atoms with Crippen LogP contribution in [0.3, 0.4) is 0 Å². The lowest BCUT2D eigenvalue weighted by atomic mass is 10.1. The summed E-state index contributed by atoms with van der Waals surface area (Å²) in [5.74, 6) is -0.449. The Kier molecular flexibility index (Phi) is 6.41. The number of piperazine rings is 1. The van der Waals surface area contributed by atoms with E-state index in [4.69, 9.17) is 0 Å². The molecule has 10 nitrogen and oxygen atoms in total. The molecule has 3 heterocycles. The smallest absolute Gasteiger partial charge is 0.263 e. The third kappa shape index (κ3) is 4.66. The quantitative estimate of drug-likeness (QED) is 0.405. The van der Waals surface area contributed by atoms with Gasteiger partial charge in [-0.05, 0) is 49.4 Å². The van der Waals surface area contributed by atoms with Crippen LogP contribution in [0.2, 0.25) is 0 Å². The van der Waals surface area contributed by atoms with E-state index in [0.717, 1.165) is 10.9 Å². The molecule has 1 aliphatic heterocycles. The topological polar surface area (TPSA) is 128 Å². The third-order valence-corrected chi connectivity index (χ3v) is 8.48. The SMILES string of the molecule is CC(C(=O)N1CCN(c2ccc(S(=O)(=O)Nc3nccs3)cc2)C(=O)C1)n1ccc2c(C#N)cccc21. The van der Waals surface area contributed by atoms with Crippen molar-refractivity contribution in [3.63, 3.8) is 0 Å². The molecule has 4 aromatic rings. The molecule has 0 spiro atoms. The van der Waals surface area contributed by atoms with E-state index in [9.17, 15) is 23.3 Å². The number of nitrogens with zero attached hydrogens (tertiary/aromatic N) is 5. The molecular formula is C25H22N6O4S2. The van der Waals surface area contributed by atoms with Crippen LogP contribution in [-0.2, 0) is 19.6 Å². The first kappa shape index (κ1) is 24.5. The number of sulfonamides is 1. The first-order chi connectivity index (χ1) is 17.8. The summed E-state index contributed by atoms with van der Waals surface area (Å²) >= 11 is 1.18. The van der Waals surface area contributed by atoms with Crippen molar-refractivity contribution in [2.24, 2.45) is 0 Å². The van der Waals surface area contributed by atoms with Crippen molar-refractivity contribution < 1.29 is 18.0 Å². The first-order valence-corrected chi connectivity index (χ1v) is 13.8. The van der Waals surface area contributed by atoms with Gasteiger partial charge in [-0.2, -0.15) is 5.26 Å². The van der Waals surface area contributed by atoms with Crippen LogP contribution in [0, 0.1) is 11.3 Å². The molecule has 1 unspecified atom stereocenters. The average Bonchev–Trinajstić information content (AvgIpc) is 3.57. The number of hydrogen-bond donors (Lipinski definition) is 1. The van der Waals surface area contributed by atoms with Crippen LogP contribution >= 0.6 is 11.3 Å². The van der Waals surface area contributed by atoms with Gasteiger partial charge >= 0.3 is 0 Å². The zero-order valence-corrected chi connectivity index (χ0v) is 21.4. The highest BCUT2D eigenvalue weighted by Crippen LogP contribution is 2.26. The van der Waals surface area contributed by atoms with E-state index in [1.165, 1.54) is 34.6 Å². The van der Waals surface area contributed by atoms with Crippen molar-refractivity contribution in [3.05, 3.63) is 71.9 Å². The van der Waals surface area contributed by atoms with Gasteiger partial charge in [-0.1, -0.05) is 6.07 Å². The van der Waals surface area contributed by atoms with E-state index in [0.29, 0.717) is 17.8 Å². The lowest BCUT2D eigenvalue weighted by Crippen LogP contribution is -2.53. The van der Waals surface area contributed by atoms with Crippen molar-refractivity contribution >= 4 is 54.9 Å². The molecule has 2 aromatic heterocycles. The van der Waals surface area contributed by atoms with Crippen LogP contribution in [-0.4, -0.2) is 54.3 Å². The number of nitriles is 1. The van der Waals surface area contributed by atoms with Crippen molar-refractivity contribution in [2.75, 3.05) is 29.3 Å². The molecule has 0 aliphatic carbocycles. The van der Waals surface area contributed by atoms with E-state index in [2.05, 4.69) is 15.8 Å². The molecule has 1 fully saturated rings. The van der Waals surface area contributed by atoms with Gasteiger partial charge in [0.15, 0.2) is 5.13 Å². The summed E-state index contributed by atoms with van der Waals surface area (Å²) in [5.41, 5.74) is 1.88. The number of amides is 2. The van der Waals surface area contributed by atoms with E-state index in [-0.39, 0.29) is 34.9 Å². The second kappa shape index (κ2) is 9.68. The highest BCUT2D eigenvalue weighted by atomic mass is 32.2.